The minimum atomic E-state index is -0.310. The van der Waals surface area contributed by atoms with E-state index in [1.165, 1.54) is 0 Å². The number of rotatable bonds is 11. The van der Waals surface area contributed by atoms with Crippen molar-refractivity contribution in [1.82, 2.24) is 5.32 Å². The van der Waals surface area contributed by atoms with Gasteiger partial charge in [-0.3, -0.25) is 4.79 Å². The molecular formula is C31H32N3O4+. The van der Waals surface area contributed by atoms with Crippen LogP contribution in [0.25, 0.3) is 11.1 Å². The van der Waals surface area contributed by atoms with Crippen LogP contribution in [0.4, 0.5) is 10.5 Å². The van der Waals surface area contributed by atoms with Crippen molar-refractivity contribution in [3.63, 3.8) is 0 Å². The van der Waals surface area contributed by atoms with E-state index in [0.29, 0.717) is 25.3 Å². The van der Waals surface area contributed by atoms with E-state index in [4.69, 9.17) is 9.47 Å². The second kappa shape index (κ2) is 13.6. The molecule has 0 aliphatic rings. The Bertz CT molecular complexity index is 1340. The van der Waals surface area contributed by atoms with Crippen LogP contribution in [0.1, 0.15) is 30.9 Å². The summed E-state index contributed by atoms with van der Waals surface area (Å²) >= 11 is 0. The van der Waals surface area contributed by atoms with Crippen molar-refractivity contribution in [2.24, 2.45) is 0 Å². The first-order valence-electron chi connectivity index (χ1n) is 12.7. The molecule has 1 aromatic heterocycles. The first-order chi connectivity index (χ1) is 18.6. The quantitative estimate of drug-likeness (QED) is 0.196. The molecule has 38 heavy (non-hydrogen) atoms. The number of pyridine rings is 1. The van der Waals surface area contributed by atoms with Gasteiger partial charge in [0.2, 0.25) is 0 Å². The highest BCUT2D eigenvalue weighted by Crippen LogP contribution is 2.30. The molecule has 0 spiro atoms. The number of aromatic nitrogens is 1. The Kier molecular flexibility index (Phi) is 9.45. The number of ether oxygens (including phenoxy) is 2. The first-order valence-corrected chi connectivity index (χ1v) is 12.7. The Morgan fingerprint density at radius 2 is 1.61 bits per heavy atom. The van der Waals surface area contributed by atoms with Gasteiger partial charge < -0.3 is 20.1 Å². The van der Waals surface area contributed by atoms with Gasteiger partial charge in [0.15, 0.2) is 12.4 Å². The van der Waals surface area contributed by atoms with E-state index < -0.39 is 0 Å². The Balaban J connectivity index is 1.25. The lowest BCUT2D eigenvalue weighted by Crippen LogP contribution is -2.36. The molecule has 0 fully saturated rings. The molecule has 4 rings (SSSR count). The smallest absolute Gasteiger partial charge is 0.319 e. The lowest BCUT2D eigenvalue weighted by molar-refractivity contribution is -0.728. The standard InChI is InChI=1S/C31H31N3O4/c1-2-9-30(35)38-23-34-19-8-10-25(21-34)20-32-31(36)33-27-17-15-24(16-18-27)22-37-29-14-7-6-13-28(29)26-11-4-3-5-12-26/h3-8,10-19,21H,2,9,20,22-23H2,1H3,(H-,32,33,36)/p+1. The third-order valence-corrected chi connectivity index (χ3v) is 5.78. The van der Waals surface area contributed by atoms with Crippen LogP contribution in [0.15, 0.2) is 103 Å². The number of urea groups is 1. The normalized spacial score (nSPS) is 10.4. The first kappa shape index (κ1) is 26.4. The van der Waals surface area contributed by atoms with E-state index in [2.05, 4.69) is 22.8 Å². The Labute approximate surface area is 223 Å². The number of amides is 2. The number of nitrogens with one attached hydrogen (secondary N) is 2. The van der Waals surface area contributed by atoms with Crippen molar-refractivity contribution in [2.45, 2.75) is 39.6 Å². The molecule has 4 aromatic rings. The third kappa shape index (κ3) is 7.93. The fourth-order valence-corrected chi connectivity index (χ4v) is 3.84. The molecule has 0 aliphatic carbocycles. The molecule has 0 saturated heterocycles. The summed E-state index contributed by atoms with van der Waals surface area (Å²) in [6.45, 7) is 2.83. The average Bonchev–Trinajstić information content (AvgIpc) is 2.96. The lowest BCUT2D eigenvalue weighted by Gasteiger charge is -2.12. The number of carbonyl (C=O) groups is 2. The van der Waals surface area contributed by atoms with Gasteiger partial charge in [-0.15, -0.1) is 0 Å². The van der Waals surface area contributed by atoms with E-state index in [-0.39, 0.29) is 18.7 Å². The van der Waals surface area contributed by atoms with Crippen molar-refractivity contribution in [3.05, 3.63) is 115 Å². The van der Waals surface area contributed by atoms with Gasteiger partial charge in [0.05, 0.1) is 6.54 Å². The predicted octanol–water partition coefficient (Wildman–Crippen LogP) is 5.84. The predicted molar refractivity (Wildman–Crippen MR) is 146 cm³/mol. The van der Waals surface area contributed by atoms with Crippen LogP contribution in [0.5, 0.6) is 5.75 Å². The molecule has 1 heterocycles. The van der Waals surface area contributed by atoms with Crippen LogP contribution >= 0.6 is 0 Å². The molecule has 2 N–H and O–H groups in total. The summed E-state index contributed by atoms with van der Waals surface area (Å²) in [4.78, 5) is 24.0. The monoisotopic (exact) mass is 510 g/mol. The second-order valence-electron chi connectivity index (χ2n) is 8.78. The molecule has 0 radical (unpaired) electrons. The van der Waals surface area contributed by atoms with Crippen molar-refractivity contribution >= 4 is 17.7 Å². The van der Waals surface area contributed by atoms with Crippen LogP contribution in [-0.4, -0.2) is 12.0 Å². The molecular weight excluding hydrogens is 478 g/mol. The summed E-state index contributed by atoms with van der Waals surface area (Å²) in [5, 5.41) is 5.69. The maximum Gasteiger partial charge on any atom is 0.319 e. The molecule has 7 nitrogen and oxygen atoms in total. The van der Waals surface area contributed by atoms with Gasteiger partial charge in [-0.1, -0.05) is 67.6 Å². The average molecular weight is 511 g/mol. The number of hydrogen-bond acceptors (Lipinski definition) is 4. The maximum atomic E-state index is 12.4. The SMILES string of the molecule is CCCC(=O)OC[n+]1cccc(CNC(=O)Nc2ccc(COc3ccccc3-c3ccccc3)cc2)c1. The third-order valence-electron chi connectivity index (χ3n) is 5.78. The molecule has 7 heteroatoms. The van der Waals surface area contributed by atoms with Crippen molar-refractivity contribution in [2.75, 3.05) is 5.32 Å². The fraction of sp³-hybridized carbons (Fsp3) is 0.194. The van der Waals surface area contributed by atoms with E-state index in [1.54, 1.807) is 4.57 Å². The number of esters is 1. The zero-order valence-corrected chi connectivity index (χ0v) is 21.4. The Hall–Kier alpha value is -4.65. The van der Waals surface area contributed by atoms with Gasteiger partial charge in [-0.05, 0) is 41.8 Å². The van der Waals surface area contributed by atoms with Crippen LogP contribution in [-0.2, 0) is 29.4 Å². The number of benzene rings is 3. The van der Waals surface area contributed by atoms with Gasteiger partial charge >= 0.3 is 12.0 Å². The number of anilines is 1. The highest BCUT2D eigenvalue weighted by molar-refractivity contribution is 5.89. The fourth-order valence-electron chi connectivity index (χ4n) is 3.84. The molecule has 0 unspecified atom stereocenters. The minimum absolute atomic E-state index is 0.146. The van der Waals surface area contributed by atoms with Crippen LogP contribution in [0.2, 0.25) is 0 Å². The number of hydrogen-bond donors (Lipinski definition) is 2. The molecule has 2 amide bonds. The van der Waals surface area contributed by atoms with Crippen molar-refractivity contribution in [1.29, 1.82) is 0 Å². The van der Waals surface area contributed by atoms with Crippen molar-refractivity contribution < 1.29 is 23.6 Å². The summed E-state index contributed by atoms with van der Waals surface area (Å²) in [6, 6.07) is 29.1. The van der Waals surface area contributed by atoms with E-state index in [1.807, 2.05) is 98.2 Å². The summed E-state index contributed by atoms with van der Waals surface area (Å²) in [5.74, 6) is 0.596. The van der Waals surface area contributed by atoms with Crippen LogP contribution < -0.4 is 19.9 Å². The Morgan fingerprint density at radius 1 is 0.842 bits per heavy atom. The summed E-state index contributed by atoms with van der Waals surface area (Å²) in [6.07, 6.45) is 4.80. The van der Waals surface area contributed by atoms with E-state index in [0.717, 1.165) is 34.4 Å². The summed E-state index contributed by atoms with van der Waals surface area (Å²) in [7, 11) is 0. The number of carbonyl (C=O) groups excluding carboxylic acids is 2. The van der Waals surface area contributed by atoms with Crippen molar-refractivity contribution in [3.8, 4) is 16.9 Å². The minimum Gasteiger partial charge on any atom is -0.488 e. The van der Waals surface area contributed by atoms with Crippen LogP contribution in [0.3, 0.4) is 0 Å². The number of para-hydroxylation sites is 1. The summed E-state index contributed by atoms with van der Waals surface area (Å²) in [5.41, 5.74) is 4.71. The second-order valence-corrected chi connectivity index (χ2v) is 8.78. The molecule has 3 aromatic carbocycles. The lowest BCUT2D eigenvalue weighted by atomic mass is 10.0. The molecule has 0 aliphatic heterocycles. The van der Waals surface area contributed by atoms with Gasteiger partial charge in [-0.25, -0.2) is 4.79 Å². The zero-order valence-electron chi connectivity index (χ0n) is 21.4. The zero-order chi connectivity index (χ0) is 26.6. The van der Waals surface area contributed by atoms with Gasteiger partial charge in [-0.2, -0.15) is 4.57 Å². The van der Waals surface area contributed by atoms with Gasteiger partial charge in [0.25, 0.3) is 6.73 Å². The van der Waals surface area contributed by atoms with Gasteiger partial charge in [0, 0.05) is 29.3 Å². The molecule has 194 valence electrons. The largest absolute Gasteiger partial charge is 0.488 e. The van der Waals surface area contributed by atoms with E-state index >= 15 is 0 Å². The van der Waals surface area contributed by atoms with Crippen LogP contribution in [0, 0.1) is 0 Å². The van der Waals surface area contributed by atoms with Gasteiger partial charge in [0.1, 0.15) is 12.4 Å². The topological polar surface area (TPSA) is 80.5 Å². The molecule has 0 bridgehead atoms. The Morgan fingerprint density at radius 3 is 2.39 bits per heavy atom. The van der Waals surface area contributed by atoms with E-state index in [9.17, 15) is 9.59 Å². The highest BCUT2D eigenvalue weighted by Gasteiger charge is 2.09. The molecule has 0 saturated carbocycles. The number of nitrogens with zero attached hydrogens (tertiary/aromatic N) is 1. The molecule has 0 atom stereocenters. The summed E-state index contributed by atoms with van der Waals surface area (Å²) < 4.78 is 13.1. The highest BCUT2D eigenvalue weighted by atomic mass is 16.5. The maximum absolute atomic E-state index is 12.4.